The van der Waals surface area contributed by atoms with E-state index in [2.05, 4.69) is 21.3 Å². The lowest BCUT2D eigenvalue weighted by Crippen LogP contribution is -2.52. The number of nitrogens with one attached hydrogen (secondary N) is 3. The molecule has 0 bridgehead atoms. The largest absolute Gasteiger partial charge is 0.468 e. The van der Waals surface area contributed by atoms with Gasteiger partial charge in [-0.25, -0.2) is 10.9 Å². The van der Waals surface area contributed by atoms with Gasteiger partial charge in [-0.1, -0.05) is 23.4 Å². The van der Waals surface area contributed by atoms with Gasteiger partial charge in [-0.2, -0.15) is 13.2 Å². The van der Waals surface area contributed by atoms with Crippen LogP contribution in [-0.4, -0.2) is 33.8 Å². The van der Waals surface area contributed by atoms with Crippen molar-refractivity contribution in [3.05, 3.63) is 52.9 Å². The highest BCUT2D eigenvalue weighted by Gasteiger charge is 2.42. The molecule has 8 nitrogen and oxygen atoms in total. The van der Waals surface area contributed by atoms with Crippen molar-refractivity contribution >= 4 is 46.0 Å². The van der Waals surface area contributed by atoms with Crippen LogP contribution in [0.4, 0.5) is 18.9 Å². The van der Waals surface area contributed by atoms with Crippen LogP contribution in [0.2, 0.25) is 5.02 Å². The first-order valence-electron chi connectivity index (χ1n) is 8.98. The Hall–Kier alpha value is -2.70. The third kappa shape index (κ3) is 4.65. The molecule has 2 amide bonds. The van der Waals surface area contributed by atoms with Crippen LogP contribution >= 0.6 is 23.4 Å². The number of anilines is 1. The number of hydrazine groups is 1. The summed E-state index contributed by atoms with van der Waals surface area (Å²) in [6.07, 6.45) is -2.66. The molecule has 2 unspecified atom stereocenters. The fourth-order valence-corrected chi connectivity index (χ4v) is 4.19. The number of benzene rings is 1. The Morgan fingerprint density at radius 2 is 2.19 bits per heavy atom. The Morgan fingerprint density at radius 3 is 2.90 bits per heavy atom. The highest BCUT2D eigenvalue weighted by molar-refractivity contribution is 8.14. The number of hydrogen-bond acceptors (Lipinski definition) is 7. The molecule has 4 rings (SSSR count). The van der Waals surface area contributed by atoms with Crippen molar-refractivity contribution in [2.24, 2.45) is 5.10 Å². The van der Waals surface area contributed by atoms with Gasteiger partial charge in [0, 0.05) is 12.1 Å². The molecule has 3 N–H and O–H groups in total. The third-order valence-corrected chi connectivity index (χ3v) is 5.89. The van der Waals surface area contributed by atoms with Crippen LogP contribution in [0.15, 0.2) is 46.1 Å². The van der Waals surface area contributed by atoms with E-state index >= 15 is 0 Å². The van der Waals surface area contributed by atoms with Crippen LogP contribution in [-0.2, 0) is 15.8 Å². The van der Waals surface area contributed by atoms with Gasteiger partial charge < -0.3 is 9.73 Å². The topological polar surface area (TPSA) is 99.0 Å². The van der Waals surface area contributed by atoms with Crippen LogP contribution in [0.25, 0.3) is 0 Å². The molecular weight excluding hydrogens is 459 g/mol. The second-order valence-electron chi connectivity index (χ2n) is 6.72. The van der Waals surface area contributed by atoms with Crippen molar-refractivity contribution in [1.29, 1.82) is 0 Å². The highest BCUT2D eigenvalue weighted by atomic mass is 35.5. The van der Waals surface area contributed by atoms with Gasteiger partial charge >= 0.3 is 6.18 Å². The minimum Gasteiger partial charge on any atom is -0.468 e. The summed E-state index contributed by atoms with van der Waals surface area (Å²) in [6.45, 7) is 0. The zero-order valence-electron chi connectivity index (χ0n) is 15.6. The smallest absolute Gasteiger partial charge is 0.417 e. The first-order valence-corrected chi connectivity index (χ1v) is 10.3. The molecule has 2 aliphatic heterocycles. The molecule has 3 heterocycles. The van der Waals surface area contributed by atoms with Crippen molar-refractivity contribution in [2.45, 2.75) is 24.7 Å². The Balaban J connectivity index is 1.39. The van der Waals surface area contributed by atoms with Gasteiger partial charge in [-0.05, 0) is 30.3 Å². The first-order chi connectivity index (χ1) is 14.7. The van der Waals surface area contributed by atoms with E-state index in [4.69, 9.17) is 16.0 Å². The summed E-state index contributed by atoms with van der Waals surface area (Å²) >= 11 is 6.61. The van der Waals surface area contributed by atoms with Crippen LogP contribution in [0.1, 0.15) is 23.8 Å². The fourth-order valence-electron chi connectivity index (χ4n) is 3.20. The van der Waals surface area contributed by atoms with E-state index < -0.39 is 28.7 Å². The van der Waals surface area contributed by atoms with E-state index in [-0.39, 0.29) is 23.4 Å². The zero-order valence-corrected chi connectivity index (χ0v) is 17.1. The second kappa shape index (κ2) is 8.44. The predicted octanol–water partition coefficient (Wildman–Crippen LogP) is 3.34. The fraction of sp³-hybridized carbons (Fsp3) is 0.278. The Kier molecular flexibility index (Phi) is 5.86. The maximum Gasteiger partial charge on any atom is 0.417 e. The lowest BCUT2D eigenvalue weighted by atomic mass is 10.1. The minimum absolute atomic E-state index is 0.0312. The molecule has 2 aliphatic rings. The van der Waals surface area contributed by atoms with Crippen LogP contribution < -0.4 is 16.2 Å². The molecule has 2 aromatic rings. The minimum atomic E-state index is -4.64. The van der Waals surface area contributed by atoms with Crippen molar-refractivity contribution in [3.63, 3.8) is 0 Å². The number of fused-ring (bicyclic) bond motifs is 1. The Bertz CT molecular complexity index is 1030. The number of nitrogens with zero attached hydrogens (tertiary/aromatic N) is 2. The number of amidine groups is 1. The lowest BCUT2D eigenvalue weighted by molar-refractivity contribution is -0.137. The summed E-state index contributed by atoms with van der Waals surface area (Å²) in [7, 11) is 0. The van der Waals surface area contributed by atoms with Gasteiger partial charge in [0.2, 0.25) is 5.91 Å². The quantitative estimate of drug-likeness (QED) is 0.630. The summed E-state index contributed by atoms with van der Waals surface area (Å²) < 4.78 is 44.3. The van der Waals surface area contributed by atoms with Gasteiger partial charge in [0.05, 0.1) is 28.6 Å². The molecule has 2 atom stereocenters. The summed E-state index contributed by atoms with van der Waals surface area (Å²) in [5, 5.41) is 7.84. The SMILES string of the molecule is O=C(CSC1=NNC(=O)C2CC(c3ccco3)NN12)Nc1ccc(Cl)c(C(F)(F)F)c1. The number of alkyl halides is 3. The van der Waals surface area contributed by atoms with E-state index in [1.54, 1.807) is 17.1 Å². The molecular formula is C18H15ClF3N5O3S. The number of furan rings is 1. The summed E-state index contributed by atoms with van der Waals surface area (Å²) in [6, 6.07) is 5.87. The molecule has 1 fully saturated rings. The maximum atomic E-state index is 13.0. The number of rotatable bonds is 4. The standard InChI is InChI=1S/C18H15ClF3N5O3S/c19-11-4-3-9(6-10(11)18(20,21)22)23-15(28)8-31-17-25-24-16(29)13-7-12(26-27(13)17)14-2-1-5-30-14/h1-6,12-13,26H,7-8H2,(H,23,28)(H,24,29). The highest BCUT2D eigenvalue weighted by Crippen LogP contribution is 2.36. The monoisotopic (exact) mass is 473 g/mol. The van der Waals surface area contributed by atoms with Gasteiger partial charge in [0.1, 0.15) is 11.8 Å². The summed E-state index contributed by atoms with van der Waals surface area (Å²) in [4.78, 5) is 24.4. The number of hydrazone groups is 1. The average Bonchev–Trinajstić information content (AvgIpc) is 3.38. The molecule has 1 saturated heterocycles. The average molecular weight is 474 g/mol. The molecule has 0 aliphatic carbocycles. The molecule has 0 spiro atoms. The number of carbonyl (C=O) groups is 2. The Morgan fingerprint density at radius 1 is 1.39 bits per heavy atom. The summed E-state index contributed by atoms with van der Waals surface area (Å²) in [5.41, 5.74) is 4.49. The van der Waals surface area contributed by atoms with E-state index in [1.807, 2.05) is 0 Å². The predicted molar refractivity (Wildman–Crippen MR) is 108 cm³/mol. The molecule has 0 radical (unpaired) electrons. The molecule has 0 saturated carbocycles. The van der Waals surface area contributed by atoms with Gasteiger partial charge in [0.25, 0.3) is 5.91 Å². The van der Waals surface area contributed by atoms with E-state index in [9.17, 15) is 22.8 Å². The summed E-state index contributed by atoms with van der Waals surface area (Å²) in [5.74, 6) is -0.322. The van der Waals surface area contributed by atoms with Crippen LogP contribution in [0, 0.1) is 0 Å². The van der Waals surface area contributed by atoms with Gasteiger partial charge in [-0.15, -0.1) is 5.10 Å². The van der Waals surface area contributed by atoms with E-state index in [1.165, 1.54) is 12.3 Å². The maximum absolute atomic E-state index is 13.0. The van der Waals surface area contributed by atoms with Gasteiger partial charge in [-0.3, -0.25) is 14.6 Å². The third-order valence-electron chi connectivity index (χ3n) is 4.61. The van der Waals surface area contributed by atoms with E-state index in [0.717, 1.165) is 23.9 Å². The van der Waals surface area contributed by atoms with Crippen LogP contribution in [0.5, 0.6) is 0 Å². The molecule has 13 heteroatoms. The molecule has 31 heavy (non-hydrogen) atoms. The molecule has 1 aromatic carbocycles. The Labute approximate surface area is 183 Å². The van der Waals surface area contributed by atoms with Crippen molar-refractivity contribution in [1.82, 2.24) is 15.9 Å². The molecule has 164 valence electrons. The normalized spacial score (nSPS) is 20.8. The number of thioether (sulfide) groups is 1. The number of amides is 2. The van der Waals surface area contributed by atoms with E-state index in [0.29, 0.717) is 17.3 Å². The number of hydrogen-bond donors (Lipinski definition) is 3. The van der Waals surface area contributed by atoms with Crippen molar-refractivity contribution in [2.75, 3.05) is 11.1 Å². The number of carbonyl (C=O) groups excluding carboxylic acids is 2. The van der Waals surface area contributed by atoms with Crippen molar-refractivity contribution < 1.29 is 27.2 Å². The van der Waals surface area contributed by atoms with Gasteiger partial charge in [0.15, 0.2) is 5.17 Å². The van der Waals surface area contributed by atoms with Crippen molar-refractivity contribution in [3.8, 4) is 0 Å². The lowest BCUT2D eigenvalue weighted by Gasteiger charge is -2.29. The zero-order chi connectivity index (χ0) is 22.2. The second-order valence-corrected chi connectivity index (χ2v) is 8.07. The first kappa shape index (κ1) is 21.5. The number of halogens is 4. The molecule has 1 aromatic heterocycles. The van der Waals surface area contributed by atoms with Crippen LogP contribution in [0.3, 0.4) is 0 Å².